The molecule has 4 atom stereocenters. The largest absolute Gasteiger partial charge is 0.458 e. The van der Waals surface area contributed by atoms with E-state index in [0.717, 1.165) is 25.7 Å². The summed E-state index contributed by atoms with van der Waals surface area (Å²) in [6, 6.07) is 0. The van der Waals surface area contributed by atoms with Crippen LogP contribution in [0.5, 0.6) is 0 Å². The van der Waals surface area contributed by atoms with E-state index in [2.05, 4.69) is 19.7 Å². The van der Waals surface area contributed by atoms with Gasteiger partial charge in [0, 0.05) is 17.4 Å². The third-order valence-electron chi connectivity index (χ3n) is 4.69. The van der Waals surface area contributed by atoms with Crippen LogP contribution in [0.4, 0.5) is 0 Å². The molecular formula is C15H18O2. The van der Waals surface area contributed by atoms with E-state index in [0.29, 0.717) is 11.5 Å². The maximum absolute atomic E-state index is 11.7. The molecule has 3 rings (SSSR count). The molecule has 0 amide bonds. The highest BCUT2D eigenvalue weighted by Gasteiger charge is 2.50. The van der Waals surface area contributed by atoms with Crippen LogP contribution in [0, 0.1) is 17.8 Å². The standard InChI is InChI=1S/C15H18O2/c1-8-4-7-12-10(3)15(16)17-14(12)13-9(2)5-6-11(8)13/h11-14H,1-7H2/t11-,12-,13-,14-/m1/s1. The second-order valence-electron chi connectivity index (χ2n) is 5.53. The summed E-state index contributed by atoms with van der Waals surface area (Å²) in [6.07, 6.45) is 4.09. The molecule has 0 aromatic heterocycles. The summed E-state index contributed by atoms with van der Waals surface area (Å²) in [4.78, 5) is 11.7. The maximum atomic E-state index is 11.7. The number of esters is 1. The Morgan fingerprint density at radius 3 is 2.41 bits per heavy atom. The van der Waals surface area contributed by atoms with Crippen molar-refractivity contribution < 1.29 is 9.53 Å². The van der Waals surface area contributed by atoms with E-state index in [4.69, 9.17) is 4.74 Å². The van der Waals surface area contributed by atoms with E-state index in [1.54, 1.807) is 0 Å². The molecule has 1 aliphatic heterocycles. The number of hydrogen-bond donors (Lipinski definition) is 0. The highest BCUT2D eigenvalue weighted by Crippen LogP contribution is 2.51. The Balaban J connectivity index is 2.00. The molecule has 2 heteroatoms. The van der Waals surface area contributed by atoms with Gasteiger partial charge in [-0.05, 0) is 31.6 Å². The summed E-state index contributed by atoms with van der Waals surface area (Å²) < 4.78 is 5.55. The normalized spacial score (nSPS) is 40.9. The number of carbonyl (C=O) groups is 1. The van der Waals surface area contributed by atoms with Crippen LogP contribution in [-0.2, 0) is 9.53 Å². The lowest BCUT2D eigenvalue weighted by Gasteiger charge is -2.26. The second kappa shape index (κ2) is 3.59. The summed E-state index contributed by atoms with van der Waals surface area (Å²) in [5, 5.41) is 0. The first-order valence-electron chi connectivity index (χ1n) is 6.34. The predicted molar refractivity (Wildman–Crippen MR) is 66.2 cm³/mol. The number of ether oxygens (including phenoxy) is 1. The zero-order valence-corrected chi connectivity index (χ0v) is 10.1. The van der Waals surface area contributed by atoms with Gasteiger partial charge in [0.1, 0.15) is 6.10 Å². The molecular weight excluding hydrogens is 212 g/mol. The average Bonchev–Trinajstić information content (AvgIpc) is 2.75. The van der Waals surface area contributed by atoms with Gasteiger partial charge < -0.3 is 4.74 Å². The Bertz CT molecular complexity index is 432. The molecule has 2 saturated carbocycles. The molecule has 0 aromatic rings. The summed E-state index contributed by atoms with van der Waals surface area (Å²) in [7, 11) is 0. The number of rotatable bonds is 0. The lowest BCUT2D eigenvalue weighted by atomic mass is 9.82. The molecule has 0 aromatic carbocycles. The molecule has 3 aliphatic rings. The van der Waals surface area contributed by atoms with Gasteiger partial charge in [-0.2, -0.15) is 0 Å². The van der Waals surface area contributed by atoms with Crippen LogP contribution in [0.1, 0.15) is 25.7 Å². The van der Waals surface area contributed by atoms with Gasteiger partial charge in [-0.3, -0.25) is 0 Å². The van der Waals surface area contributed by atoms with Gasteiger partial charge in [0.25, 0.3) is 0 Å². The van der Waals surface area contributed by atoms with Crippen molar-refractivity contribution >= 4 is 5.97 Å². The van der Waals surface area contributed by atoms with Crippen LogP contribution >= 0.6 is 0 Å². The molecule has 0 spiro atoms. The quantitative estimate of drug-likeness (QED) is 0.363. The van der Waals surface area contributed by atoms with E-state index >= 15 is 0 Å². The van der Waals surface area contributed by atoms with Gasteiger partial charge in [-0.15, -0.1) is 0 Å². The second-order valence-corrected chi connectivity index (χ2v) is 5.53. The summed E-state index contributed by atoms with van der Waals surface area (Å²) in [5.41, 5.74) is 3.20. The number of carbonyl (C=O) groups excluding carboxylic acids is 1. The van der Waals surface area contributed by atoms with Crippen LogP contribution in [-0.4, -0.2) is 12.1 Å². The van der Waals surface area contributed by atoms with Crippen LogP contribution in [0.2, 0.25) is 0 Å². The third kappa shape index (κ3) is 1.43. The van der Waals surface area contributed by atoms with E-state index in [1.807, 2.05) is 0 Å². The molecule has 90 valence electrons. The first kappa shape index (κ1) is 10.8. The predicted octanol–water partition coefficient (Wildman–Crippen LogP) is 3.02. The highest BCUT2D eigenvalue weighted by molar-refractivity contribution is 5.91. The Morgan fingerprint density at radius 1 is 1.00 bits per heavy atom. The minimum absolute atomic E-state index is 0.0192. The lowest BCUT2D eigenvalue weighted by molar-refractivity contribution is -0.141. The Hall–Kier alpha value is -1.31. The van der Waals surface area contributed by atoms with E-state index in [-0.39, 0.29) is 23.9 Å². The van der Waals surface area contributed by atoms with Crippen molar-refractivity contribution in [2.45, 2.75) is 31.8 Å². The zero-order valence-electron chi connectivity index (χ0n) is 10.1. The fourth-order valence-corrected chi connectivity index (χ4v) is 3.71. The molecule has 2 nitrogen and oxygen atoms in total. The first-order chi connectivity index (χ1) is 8.09. The summed E-state index contributed by atoms with van der Waals surface area (Å²) >= 11 is 0. The monoisotopic (exact) mass is 230 g/mol. The number of hydrogen-bond acceptors (Lipinski definition) is 2. The molecule has 0 bridgehead atoms. The maximum Gasteiger partial charge on any atom is 0.334 e. The molecule has 17 heavy (non-hydrogen) atoms. The smallest absolute Gasteiger partial charge is 0.334 e. The van der Waals surface area contributed by atoms with Crippen molar-refractivity contribution in [1.82, 2.24) is 0 Å². The Morgan fingerprint density at radius 2 is 1.65 bits per heavy atom. The molecule has 1 saturated heterocycles. The Kier molecular flexibility index (Phi) is 2.29. The minimum atomic E-state index is -0.203. The number of fused-ring (bicyclic) bond motifs is 3. The van der Waals surface area contributed by atoms with Crippen molar-refractivity contribution in [1.29, 1.82) is 0 Å². The van der Waals surface area contributed by atoms with E-state index < -0.39 is 0 Å². The fourth-order valence-electron chi connectivity index (χ4n) is 3.71. The first-order valence-corrected chi connectivity index (χ1v) is 6.34. The van der Waals surface area contributed by atoms with Crippen LogP contribution in [0.3, 0.4) is 0 Å². The van der Waals surface area contributed by atoms with Crippen molar-refractivity contribution in [3.05, 3.63) is 36.5 Å². The topological polar surface area (TPSA) is 26.3 Å². The summed E-state index contributed by atoms with van der Waals surface area (Å²) in [6.45, 7) is 12.3. The summed E-state index contributed by atoms with van der Waals surface area (Å²) in [5.74, 6) is 0.740. The molecule has 1 heterocycles. The van der Waals surface area contributed by atoms with Crippen molar-refractivity contribution in [2.75, 3.05) is 0 Å². The minimum Gasteiger partial charge on any atom is -0.458 e. The molecule has 3 fully saturated rings. The van der Waals surface area contributed by atoms with Crippen molar-refractivity contribution in [3.63, 3.8) is 0 Å². The van der Waals surface area contributed by atoms with Gasteiger partial charge in [0.15, 0.2) is 0 Å². The fraction of sp³-hybridized carbons (Fsp3) is 0.533. The average molecular weight is 230 g/mol. The highest BCUT2D eigenvalue weighted by atomic mass is 16.6. The zero-order chi connectivity index (χ0) is 12.2. The van der Waals surface area contributed by atoms with E-state index in [1.165, 1.54) is 11.1 Å². The number of allylic oxidation sites excluding steroid dienone is 1. The molecule has 0 radical (unpaired) electrons. The van der Waals surface area contributed by atoms with Crippen LogP contribution < -0.4 is 0 Å². The van der Waals surface area contributed by atoms with Crippen molar-refractivity contribution in [3.8, 4) is 0 Å². The molecule has 0 N–H and O–H groups in total. The SMILES string of the molecule is C=C1CC[C@@H]2C(=C)CC[C@@H]3C(=C)C(=O)O[C@H]3[C@H]12. The molecule has 2 aliphatic carbocycles. The van der Waals surface area contributed by atoms with Gasteiger partial charge in [-0.25, -0.2) is 4.79 Å². The third-order valence-corrected chi connectivity index (χ3v) is 4.69. The van der Waals surface area contributed by atoms with Gasteiger partial charge >= 0.3 is 5.97 Å². The van der Waals surface area contributed by atoms with Crippen molar-refractivity contribution in [2.24, 2.45) is 17.8 Å². The molecule has 0 unspecified atom stereocenters. The van der Waals surface area contributed by atoms with E-state index in [9.17, 15) is 4.79 Å². The van der Waals surface area contributed by atoms with Gasteiger partial charge in [0.05, 0.1) is 0 Å². The van der Waals surface area contributed by atoms with Crippen LogP contribution in [0.25, 0.3) is 0 Å². The van der Waals surface area contributed by atoms with Gasteiger partial charge in [0.2, 0.25) is 0 Å². The van der Waals surface area contributed by atoms with Gasteiger partial charge in [-0.1, -0.05) is 30.9 Å². The lowest BCUT2D eigenvalue weighted by Crippen LogP contribution is -2.28. The Labute approximate surface area is 102 Å². The van der Waals surface area contributed by atoms with Crippen LogP contribution in [0.15, 0.2) is 36.5 Å².